The number of aromatic nitrogens is 2. The number of nitrogens with zero attached hydrogens (tertiary/aromatic N) is 4. The maximum absolute atomic E-state index is 12.1. The van der Waals surface area contributed by atoms with Crippen LogP contribution in [0.5, 0.6) is 0 Å². The van der Waals surface area contributed by atoms with Gasteiger partial charge in [-0.25, -0.2) is 9.97 Å². The predicted molar refractivity (Wildman–Crippen MR) is 97.9 cm³/mol. The van der Waals surface area contributed by atoms with Crippen LogP contribution in [0.25, 0.3) is 0 Å². The number of amides is 1. The first-order valence-corrected chi connectivity index (χ1v) is 9.36. The van der Waals surface area contributed by atoms with E-state index in [1.807, 2.05) is 12.4 Å². The van der Waals surface area contributed by atoms with Crippen molar-refractivity contribution in [1.82, 2.24) is 15.3 Å². The molecule has 3 heterocycles. The minimum absolute atomic E-state index is 0.0987. The van der Waals surface area contributed by atoms with Gasteiger partial charge in [-0.2, -0.15) is 0 Å². The lowest BCUT2D eigenvalue weighted by molar-refractivity contribution is -0.125. The molecule has 2 saturated heterocycles. The van der Waals surface area contributed by atoms with Crippen LogP contribution >= 0.6 is 0 Å². The molecule has 1 amide bonds. The molecule has 0 spiro atoms. The summed E-state index contributed by atoms with van der Waals surface area (Å²) in [6.45, 7) is 5.00. The van der Waals surface area contributed by atoms with E-state index in [0.29, 0.717) is 13.2 Å². The molecule has 0 unspecified atom stereocenters. The third-order valence-electron chi connectivity index (χ3n) is 5.10. The molecule has 0 aliphatic carbocycles. The van der Waals surface area contributed by atoms with Crippen LogP contribution in [-0.4, -0.2) is 62.3 Å². The Morgan fingerprint density at radius 2 is 1.80 bits per heavy atom. The highest BCUT2D eigenvalue weighted by Crippen LogP contribution is 2.24. The Kier molecular flexibility index (Phi) is 6.44. The zero-order valence-electron chi connectivity index (χ0n) is 15.1. The Balaban J connectivity index is 1.48. The lowest BCUT2D eigenvalue weighted by Crippen LogP contribution is -2.41. The second-order valence-electron chi connectivity index (χ2n) is 6.83. The third kappa shape index (κ3) is 4.81. The van der Waals surface area contributed by atoms with E-state index < -0.39 is 0 Å². The summed E-state index contributed by atoms with van der Waals surface area (Å²) >= 11 is 0. The highest BCUT2D eigenvalue weighted by molar-refractivity contribution is 5.79. The zero-order valence-corrected chi connectivity index (χ0v) is 15.1. The fourth-order valence-corrected chi connectivity index (χ4v) is 3.56. The second kappa shape index (κ2) is 8.99. The van der Waals surface area contributed by atoms with Crippen molar-refractivity contribution < 1.29 is 9.53 Å². The zero-order chi connectivity index (χ0) is 17.5. The monoisotopic (exact) mass is 347 g/mol. The molecule has 1 aromatic rings. The standard InChI is InChI=1S/C18H29N5O2/c1-25-12-7-19-17(24)15-5-10-22(11-6-15)16-13-20-18(21-14-16)23-8-3-2-4-9-23/h13-15H,2-12H2,1H3,(H,19,24). The molecule has 3 rings (SSSR count). The molecule has 7 heteroatoms. The molecule has 2 fully saturated rings. The maximum Gasteiger partial charge on any atom is 0.225 e. The summed E-state index contributed by atoms with van der Waals surface area (Å²) in [5, 5.41) is 2.94. The minimum atomic E-state index is 0.0987. The summed E-state index contributed by atoms with van der Waals surface area (Å²) in [5.41, 5.74) is 1.05. The smallest absolute Gasteiger partial charge is 0.225 e. The van der Waals surface area contributed by atoms with Crippen LogP contribution in [0.15, 0.2) is 12.4 Å². The van der Waals surface area contributed by atoms with E-state index in [-0.39, 0.29) is 11.8 Å². The first-order valence-electron chi connectivity index (χ1n) is 9.36. The highest BCUT2D eigenvalue weighted by Gasteiger charge is 2.25. The van der Waals surface area contributed by atoms with Gasteiger partial charge in [0, 0.05) is 45.8 Å². The van der Waals surface area contributed by atoms with Crippen molar-refractivity contribution >= 4 is 17.5 Å². The molecule has 25 heavy (non-hydrogen) atoms. The number of carbonyl (C=O) groups excluding carboxylic acids is 1. The largest absolute Gasteiger partial charge is 0.383 e. The van der Waals surface area contributed by atoms with Crippen LogP contribution in [0.4, 0.5) is 11.6 Å². The van der Waals surface area contributed by atoms with Crippen LogP contribution in [0, 0.1) is 5.92 Å². The van der Waals surface area contributed by atoms with Gasteiger partial charge in [0.2, 0.25) is 11.9 Å². The first kappa shape index (κ1) is 17.9. The Bertz CT molecular complexity index is 537. The van der Waals surface area contributed by atoms with Gasteiger partial charge in [0.1, 0.15) is 0 Å². The van der Waals surface area contributed by atoms with E-state index in [2.05, 4.69) is 25.1 Å². The van der Waals surface area contributed by atoms with Crippen LogP contribution in [0.3, 0.4) is 0 Å². The lowest BCUT2D eigenvalue weighted by atomic mass is 9.96. The number of carbonyl (C=O) groups is 1. The number of ether oxygens (including phenoxy) is 1. The summed E-state index contributed by atoms with van der Waals surface area (Å²) in [4.78, 5) is 25.8. The minimum Gasteiger partial charge on any atom is -0.383 e. The van der Waals surface area contributed by atoms with E-state index >= 15 is 0 Å². The molecular formula is C18H29N5O2. The predicted octanol–water partition coefficient (Wildman–Crippen LogP) is 1.45. The Morgan fingerprint density at radius 3 is 2.44 bits per heavy atom. The number of hydrogen-bond acceptors (Lipinski definition) is 6. The van der Waals surface area contributed by atoms with E-state index in [1.54, 1.807) is 7.11 Å². The lowest BCUT2D eigenvalue weighted by Gasteiger charge is -2.33. The molecule has 2 aliphatic heterocycles. The van der Waals surface area contributed by atoms with Gasteiger partial charge < -0.3 is 19.9 Å². The Hall–Kier alpha value is -1.89. The van der Waals surface area contributed by atoms with Crippen molar-refractivity contribution in [3.8, 4) is 0 Å². The normalized spacial score (nSPS) is 19.1. The van der Waals surface area contributed by atoms with Gasteiger partial charge in [-0.15, -0.1) is 0 Å². The van der Waals surface area contributed by atoms with Crippen LogP contribution in [0.2, 0.25) is 0 Å². The number of nitrogens with one attached hydrogen (secondary N) is 1. The molecule has 7 nitrogen and oxygen atoms in total. The number of methoxy groups -OCH3 is 1. The van der Waals surface area contributed by atoms with Gasteiger partial charge in [0.15, 0.2) is 0 Å². The fraction of sp³-hybridized carbons (Fsp3) is 0.722. The van der Waals surface area contributed by atoms with E-state index in [9.17, 15) is 4.79 Å². The van der Waals surface area contributed by atoms with Crippen LogP contribution < -0.4 is 15.1 Å². The molecule has 2 aliphatic rings. The second-order valence-corrected chi connectivity index (χ2v) is 6.83. The van der Waals surface area contributed by atoms with Gasteiger partial charge in [0.05, 0.1) is 24.7 Å². The maximum atomic E-state index is 12.1. The molecule has 0 atom stereocenters. The van der Waals surface area contributed by atoms with Gasteiger partial charge in [-0.05, 0) is 32.1 Å². The fourth-order valence-electron chi connectivity index (χ4n) is 3.56. The van der Waals surface area contributed by atoms with Crippen molar-refractivity contribution in [3.63, 3.8) is 0 Å². The van der Waals surface area contributed by atoms with Crippen molar-refractivity contribution in [2.45, 2.75) is 32.1 Å². The van der Waals surface area contributed by atoms with Crippen LogP contribution in [-0.2, 0) is 9.53 Å². The molecule has 138 valence electrons. The number of rotatable bonds is 6. The molecule has 0 radical (unpaired) electrons. The molecule has 1 aromatic heterocycles. The van der Waals surface area contributed by atoms with Crippen molar-refractivity contribution in [1.29, 1.82) is 0 Å². The van der Waals surface area contributed by atoms with E-state index in [1.165, 1.54) is 19.3 Å². The Labute approximate surface area is 149 Å². The average Bonchev–Trinajstić information content (AvgIpc) is 2.69. The molecule has 1 N–H and O–H groups in total. The number of hydrogen-bond donors (Lipinski definition) is 1. The third-order valence-corrected chi connectivity index (χ3v) is 5.10. The number of anilines is 2. The average molecular weight is 347 g/mol. The van der Waals surface area contributed by atoms with Crippen molar-refractivity contribution in [2.75, 3.05) is 56.2 Å². The van der Waals surface area contributed by atoms with Gasteiger partial charge >= 0.3 is 0 Å². The summed E-state index contributed by atoms with van der Waals surface area (Å²) in [7, 11) is 1.64. The number of piperidine rings is 2. The van der Waals surface area contributed by atoms with Gasteiger partial charge in [-0.1, -0.05) is 0 Å². The topological polar surface area (TPSA) is 70.6 Å². The summed E-state index contributed by atoms with van der Waals surface area (Å²) in [5.74, 6) is 1.09. The SMILES string of the molecule is COCCNC(=O)C1CCN(c2cnc(N3CCCCC3)nc2)CC1. The summed E-state index contributed by atoms with van der Waals surface area (Å²) in [6.07, 6.45) is 9.35. The van der Waals surface area contributed by atoms with Crippen LogP contribution in [0.1, 0.15) is 32.1 Å². The molecule has 0 bridgehead atoms. The van der Waals surface area contributed by atoms with E-state index in [4.69, 9.17) is 4.74 Å². The quantitative estimate of drug-likeness (QED) is 0.786. The summed E-state index contributed by atoms with van der Waals surface area (Å²) < 4.78 is 4.97. The molecular weight excluding hydrogens is 318 g/mol. The van der Waals surface area contributed by atoms with Gasteiger partial charge in [0.25, 0.3) is 0 Å². The Morgan fingerprint density at radius 1 is 1.12 bits per heavy atom. The first-order chi connectivity index (χ1) is 12.3. The highest BCUT2D eigenvalue weighted by atomic mass is 16.5. The molecule has 0 saturated carbocycles. The van der Waals surface area contributed by atoms with E-state index in [0.717, 1.165) is 50.7 Å². The summed E-state index contributed by atoms with van der Waals surface area (Å²) in [6, 6.07) is 0. The van der Waals surface area contributed by atoms with Crippen molar-refractivity contribution in [3.05, 3.63) is 12.4 Å². The van der Waals surface area contributed by atoms with Gasteiger partial charge in [-0.3, -0.25) is 4.79 Å². The molecule has 0 aromatic carbocycles. The van der Waals surface area contributed by atoms with Crippen molar-refractivity contribution in [2.24, 2.45) is 5.92 Å².